The van der Waals surface area contributed by atoms with Crippen molar-refractivity contribution in [2.45, 2.75) is 62.8 Å². The highest BCUT2D eigenvalue weighted by atomic mass is 16.5. The first-order valence-electron chi connectivity index (χ1n) is 9.15. The Hall–Kier alpha value is -1.51. The molecule has 0 aromatic carbocycles. The van der Waals surface area contributed by atoms with Crippen molar-refractivity contribution in [1.82, 2.24) is 25.2 Å². The monoisotopic (exact) mass is 351 g/mol. The van der Waals surface area contributed by atoms with Gasteiger partial charge in [0.05, 0.1) is 31.0 Å². The van der Waals surface area contributed by atoms with Crippen LogP contribution < -0.4 is 5.32 Å². The van der Waals surface area contributed by atoms with Crippen molar-refractivity contribution in [3.05, 3.63) is 11.9 Å². The van der Waals surface area contributed by atoms with Gasteiger partial charge < -0.3 is 20.1 Å². The lowest BCUT2D eigenvalue weighted by atomic mass is 9.97. The second kappa shape index (κ2) is 8.25. The molecule has 2 N–H and O–H groups in total. The normalized spacial score (nSPS) is 26.8. The van der Waals surface area contributed by atoms with Crippen LogP contribution in [0, 0.1) is 0 Å². The van der Waals surface area contributed by atoms with Crippen LogP contribution >= 0.6 is 0 Å². The van der Waals surface area contributed by atoms with Crippen molar-refractivity contribution < 1.29 is 14.6 Å². The Morgan fingerprint density at radius 2 is 2.20 bits per heavy atom. The van der Waals surface area contributed by atoms with Crippen LogP contribution in [-0.4, -0.2) is 76.4 Å². The van der Waals surface area contributed by atoms with E-state index in [2.05, 4.69) is 15.6 Å². The third kappa shape index (κ3) is 5.23. The van der Waals surface area contributed by atoms with E-state index in [-0.39, 0.29) is 30.8 Å². The van der Waals surface area contributed by atoms with Gasteiger partial charge >= 0.3 is 0 Å². The van der Waals surface area contributed by atoms with E-state index in [1.54, 1.807) is 0 Å². The van der Waals surface area contributed by atoms with Gasteiger partial charge in [0.25, 0.3) is 0 Å². The van der Waals surface area contributed by atoms with Crippen LogP contribution in [0.2, 0.25) is 0 Å². The zero-order chi connectivity index (χ0) is 17.8. The van der Waals surface area contributed by atoms with Gasteiger partial charge in [0.15, 0.2) is 0 Å². The molecule has 1 aromatic rings. The zero-order valence-corrected chi connectivity index (χ0v) is 15.1. The number of nitrogens with one attached hydrogen (secondary N) is 1. The second-order valence-electron chi connectivity index (χ2n) is 7.44. The smallest absolute Gasteiger partial charge is 0.234 e. The Morgan fingerprint density at radius 1 is 1.40 bits per heavy atom. The van der Waals surface area contributed by atoms with Crippen molar-refractivity contribution >= 4 is 5.91 Å². The summed E-state index contributed by atoms with van der Waals surface area (Å²) < 4.78 is 7.89. The Balaban J connectivity index is 1.44. The summed E-state index contributed by atoms with van der Waals surface area (Å²) in [6.07, 6.45) is 6.74. The van der Waals surface area contributed by atoms with Gasteiger partial charge in [-0.05, 0) is 46.2 Å². The molecule has 1 aliphatic carbocycles. The molecule has 3 rings (SSSR count). The third-order valence-corrected chi connectivity index (χ3v) is 4.83. The predicted molar refractivity (Wildman–Crippen MR) is 92.1 cm³/mol. The fourth-order valence-electron chi connectivity index (χ4n) is 3.31. The van der Waals surface area contributed by atoms with Gasteiger partial charge in [-0.3, -0.25) is 9.48 Å². The van der Waals surface area contributed by atoms with Gasteiger partial charge in [-0.1, -0.05) is 5.21 Å². The van der Waals surface area contributed by atoms with Crippen LogP contribution in [0.3, 0.4) is 0 Å². The highest BCUT2D eigenvalue weighted by Gasteiger charge is 2.32. The van der Waals surface area contributed by atoms with E-state index in [1.807, 2.05) is 29.9 Å². The van der Waals surface area contributed by atoms with E-state index in [9.17, 15) is 9.90 Å². The third-order valence-electron chi connectivity index (χ3n) is 4.83. The molecule has 2 fully saturated rings. The molecule has 25 heavy (non-hydrogen) atoms. The Kier molecular flexibility index (Phi) is 6.03. The molecule has 1 amide bonds. The van der Waals surface area contributed by atoms with Crippen molar-refractivity contribution in [2.75, 3.05) is 27.2 Å². The number of likely N-dealkylation sites (N-methyl/N-ethyl adjacent to an activating group) is 1. The number of amides is 1. The highest BCUT2D eigenvalue weighted by molar-refractivity contribution is 5.78. The Bertz CT molecular complexity index is 572. The molecular formula is C17H29N5O3. The summed E-state index contributed by atoms with van der Waals surface area (Å²) in [5.41, 5.74) is 1.10. The molecule has 0 unspecified atom stereocenters. The van der Waals surface area contributed by atoms with Crippen molar-refractivity contribution in [3.63, 3.8) is 0 Å². The maximum Gasteiger partial charge on any atom is 0.234 e. The van der Waals surface area contributed by atoms with E-state index in [1.165, 1.54) is 12.8 Å². The molecule has 8 nitrogen and oxygen atoms in total. The fourth-order valence-corrected chi connectivity index (χ4v) is 3.31. The standard InChI is InChI=1S/C17H29N5O3/c1-21(2)10-17(24)18-14-6-5-13(25-16(14)11-23)7-8-22-9-15(19-20-22)12-3-4-12/h9,12-14,16,23H,3-8,10-11H2,1-2H3,(H,18,24)/t13-,14-,16+/m1/s1. The molecule has 2 heterocycles. The van der Waals surface area contributed by atoms with Crippen LogP contribution in [0.5, 0.6) is 0 Å². The minimum absolute atomic E-state index is 0.0364. The van der Waals surface area contributed by atoms with E-state index in [0.717, 1.165) is 31.5 Å². The van der Waals surface area contributed by atoms with Gasteiger partial charge in [-0.2, -0.15) is 0 Å². The van der Waals surface area contributed by atoms with Crippen LogP contribution in [-0.2, 0) is 16.1 Å². The van der Waals surface area contributed by atoms with Gasteiger partial charge in [-0.15, -0.1) is 5.10 Å². The highest BCUT2D eigenvalue weighted by Crippen LogP contribution is 2.38. The summed E-state index contributed by atoms with van der Waals surface area (Å²) in [6, 6.07) is -0.124. The summed E-state index contributed by atoms with van der Waals surface area (Å²) in [6.45, 7) is 1.02. The molecule has 0 radical (unpaired) electrons. The first-order valence-corrected chi connectivity index (χ1v) is 9.15. The molecule has 1 saturated carbocycles. The van der Waals surface area contributed by atoms with E-state index >= 15 is 0 Å². The first-order chi connectivity index (χ1) is 12.0. The Labute approximate surface area is 148 Å². The minimum Gasteiger partial charge on any atom is -0.394 e. The lowest BCUT2D eigenvalue weighted by Crippen LogP contribution is -2.52. The maximum absolute atomic E-state index is 11.9. The van der Waals surface area contributed by atoms with E-state index in [4.69, 9.17) is 4.74 Å². The molecule has 0 spiro atoms. The van der Waals surface area contributed by atoms with Gasteiger partial charge in [0.1, 0.15) is 6.10 Å². The van der Waals surface area contributed by atoms with Crippen molar-refractivity contribution in [1.29, 1.82) is 0 Å². The summed E-state index contributed by atoms with van der Waals surface area (Å²) in [5.74, 6) is 0.579. The van der Waals surface area contributed by atoms with Crippen molar-refractivity contribution in [2.24, 2.45) is 0 Å². The molecular weight excluding hydrogens is 322 g/mol. The zero-order valence-electron chi connectivity index (χ0n) is 15.1. The first kappa shape index (κ1) is 18.3. The summed E-state index contributed by atoms with van der Waals surface area (Å²) in [4.78, 5) is 13.8. The van der Waals surface area contributed by atoms with Crippen LogP contribution in [0.25, 0.3) is 0 Å². The van der Waals surface area contributed by atoms with Crippen LogP contribution in [0.4, 0.5) is 0 Å². The number of hydrogen-bond donors (Lipinski definition) is 2. The number of carbonyl (C=O) groups is 1. The molecule has 1 aliphatic heterocycles. The maximum atomic E-state index is 11.9. The molecule has 3 atom stereocenters. The fraction of sp³-hybridized carbons (Fsp3) is 0.824. The van der Waals surface area contributed by atoms with Gasteiger partial charge in [-0.25, -0.2) is 0 Å². The van der Waals surface area contributed by atoms with E-state index in [0.29, 0.717) is 12.5 Å². The summed E-state index contributed by atoms with van der Waals surface area (Å²) in [7, 11) is 3.71. The largest absolute Gasteiger partial charge is 0.394 e. The number of rotatable bonds is 8. The number of carbonyl (C=O) groups excluding carboxylic acids is 1. The Morgan fingerprint density at radius 3 is 2.88 bits per heavy atom. The second-order valence-corrected chi connectivity index (χ2v) is 7.44. The average Bonchev–Trinajstić information content (AvgIpc) is 3.32. The quantitative estimate of drug-likeness (QED) is 0.692. The lowest BCUT2D eigenvalue weighted by molar-refractivity contribution is -0.129. The number of aryl methyl sites for hydroxylation is 1. The van der Waals surface area contributed by atoms with Crippen LogP contribution in [0.15, 0.2) is 6.20 Å². The summed E-state index contributed by atoms with van der Waals surface area (Å²) >= 11 is 0. The molecule has 140 valence electrons. The van der Waals surface area contributed by atoms with Gasteiger partial charge in [0.2, 0.25) is 5.91 Å². The number of aromatic nitrogens is 3. The van der Waals surface area contributed by atoms with Crippen LogP contribution in [0.1, 0.15) is 43.7 Å². The number of hydrogen-bond acceptors (Lipinski definition) is 6. The number of aliphatic hydroxyl groups excluding tert-OH is 1. The number of ether oxygens (including phenoxy) is 1. The SMILES string of the molecule is CN(C)CC(=O)N[C@@H]1CC[C@H](CCn2cc(C3CC3)nn2)O[C@H]1CO. The average molecular weight is 351 g/mol. The molecule has 0 bridgehead atoms. The topological polar surface area (TPSA) is 92.5 Å². The molecule has 2 aliphatic rings. The van der Waals surface area contributed by atoms with E-state index < -0.39 is 0 Å². The molecule has 1 saturated heterocycles. The number of nitrogens with zero attached hydrogens (tertiary/aromatic N) is 4. The number of aliphatic hydroxyl groups is 1. The lowest BCUT2D eigenvalue weighted by Gasteiger charge is -2.36. The molecule has 1 aromatic heterocycles. The van der Waals surface area contributed by atoms with Gasteiger partial charge in [0, 0.05) is 18.7 Å². The summed E-state index contributed by atoms with van der Waals surface area (Å²) in [5, 5.41) is 21.0. The molecule has 8 heteroatoms. The van der Waals surface area contributed by atoms with Crippen molar-refractivity contribution in [3.8, 4) is 0 Å². The predicted octanol–water partition coefficient (Wildman–Crippen LogP) is 0.132. The minimum atomic E-state index is -0.345.